The molecule has 0 aliphatic carbocycles. The number of aryl methyl sites for hydroxylation is 2. The maximum Gasteiger partial charge on any atom is 0.272 e. The lowest BCUT2D eigenvalue weighted by Gasteiger charge is -2.11. The molecule has 2 amide bonds. The third kappa shape index (κ3) is 4.16. The first-order valence-electron chi connectivity index (χ1n) is 6.62. The van der Waals surface area contributed by atoms with Crippen LogP contribution in [0.5, 0.6) is 0 Å². The third-order valence-electron chi connectivity index (χ3n) is 3.29. The summed E-state index contributed by atoms with van der Waals surface area (Å²) in [5.41, 5.74) is 7.13. The molecule has 0 fully saturated rings. The summed E-state index contributed by atoms with van der Waals surface area (Å²) in [6, 6.07) is 8.04. The smallest absolute Gasteiger partial charge is 0.267 e. The number of carbonyl (C=O) groups is 2. The number of carbonyl (C=O) groups excluding carboxylic acids is 2. The minimum Gasteiger partial charge on any atom is -0.267 e. The summed E-state index contributed by atoms with van der Waals surface area (Å²) in [6.45, 7) is 3.85. The number of halogens is 3. The van der Waals surface area contributed by atoms with E-state index >= 15 is 0 Å². The molecule has 0 saturated heterocycles. The Labute approximate surface area is 148 Å². The lowest BCUT2D eigenvalue weighted by atomic mass is 10.1. The fourth-order valence-corrected chi connectivity index (χ4v) is 2.88. The van der Waals surface area contributed by atoms with E-state index in [1.54, 1.807) is 12.1 Å². The van der Waals surface area contributed by atoms with E-state index in [9.17, 15) is 9.59 Å². The molecule has 0 aromatic heterocycles. The maximum atomic E-state index is 12.1. The van der Waals surface area contributed by atoms with Gasteiger partial charge in [-0.25, -0.2) is 0 Å². The molecule has 0 radical (unpaired) electrons. The summed E-state index contributed by atoms with van der Waals surface area (Å²) < 4.78 is 0. The van der Waals surface area contributed by atoms with Crippen LogP contribution < -0.4 is 10.9 Å². The van der Waals surface area contributed by atoms with Gasteiger partial charge in [0.05, 0.1) is 15.6 Å². The topological polar surface area (TPSA) is 58.2 Å². The molecule has 0 unspecified atom stereocenters. The Bertz CT molecular complexity index is 768. The van der Waals surface area contributed by atoms with E-state index in [-0.39, 0.29) is 15.6 Å². The van der Waals surface area contributed by atoms with Crippen molar-refractivity contribution in [1.82, 2.24) is 10.9 Å². The lowest BCUT2D eigenvalue weighted by Crippen LogP contribution is -2.41. The molecule has 0 spiro atoms. The van der Waals surface area contributed by atoms with Crippen molar-refractivity contribution in [3.05, 3.63) is 67.7 Å². The van der Waals surface area contributed by atoms with Crippen LogP contribution in [0.2, 0.25) is 15.1 Å². The molecule has 0 bridgehead atoms. The summed E-state index contributed by atoms with van der Waals surface area (Å²) >= 11 is 17.7. The first-order chi connectivity index (χ1) is 10.8. The van der Waals surface area contributed by atoms with Crippen LogP contribution in [0.15, 0.2) is 30.3 Å². The number of rotatable bonds is 2. The van der Waals surface area contributed by atoms with Gasteiger partial charge in [0, 0.05) is 10.6 Å². The highest BCUT2D eigenvalue weighted by Crippen LogP contribution is 2.28. The summed E-state index contributed by atoms with van der Waals surface area (Å²) in [4.78, 5) is 24.2. The first-order valence-corrected chi connectivity index (χ1v) is 7.75. The fourth-order valence-electron chi connectivity index (χ4n) is 1.89. The number of benzene rings is 2. The van der Waals surface area contributed by atoms with Crippen LogP contribution in [0.3, 0.4) is 0 Å². The van der Waals surface area contributed by atoms with Crippen molar-refractivity contribution in [1.29, 1.82) is 0 Å². The minimum absolute atomic E-state index is 0.0399. The summed E-state index contributed by atoms with van der Waals surface area (Å²) in [5.74, 6) is -1.07. The molecule has 0 aliphatic heterocycles. The van der Waals surface area contributed by atoms with E-state index in [4.69, 9.17) is 34.8 Å². The molecule has 0 aliphatic rings. The van der Waals surface area contributed by atoms with Gasteiger partial charge in [0.1, 0.15) is 0 Å². The predicted octanol–water partition coefficient (Wildman–Crippen LogP) is 4.34. The second kappa shape index (κ2) is 7.21. The predicted molar refractivity (Wildman–Crippen MR) is 92.3 cm³/mol. The Morgan fingerprint density at radius 1 is 0.826 bits per heavy atom. The van der Waals surface area contributed by atoms with Gasteiger partial charge in [-0.05, 0) is 49.2 Å². The molecule has 7 heteroatoms. The monoisotopic (exact) mass is 370 g/mol. The summed E-state index contributed by atoms with van der Waals surface area (Å²) in [6.07, 6.45) is 0. The SMILES string of the molecule is Cc1ccc(C(=O)NNC(=O)c2c(Cl)cc(Cl)cc2Cl)cc1C. The quantitative estimate of drug-likeness (QED) is 0.772. The number of hydrogen-bond acceptors (Lipinski definition) is 2. The molecule has 2 aromatic rings. The highest BCUT2D eigenvalue weighted by atomic mass is 35.5. The minimum atomic E-state index is -0.631. The molecular weight excluding hydrogens is 359 g/mol. The van der Waals surface area contributed by atoms with Crippen molar-refractivity contribution in [3.8, 4) is 0 Å². The van der Waals surface area contributed by atoms with Gasteiger partial charge in [0.25, 0.3) is 11.8 Å². The van der Waals surface area contributed by atoms with E-state index < -0.39 is 11.8 Å². The lowest BCUT2D eigenvalue weighted by molar-refractivity contribution is 0.0847. The van der Waals surface area contributed by atoms with Gasteiger partial charge in [-0.15, -0.1) is 0 Å². The van der Waals surface area contributed by atoms with Gasteiger partial charge >= 0.3 is 0 Å². The zero-order chi connectivity index (χ0) is 17.1. The van der Waals surface area contributed by atoms with E-state index in [1.165, 1.54) is 12.1 Å². The van der Waals surface area contributed by atoms with Gasteiger partial charge < -0.3 is 0 Å². The van der Waals surface area contributed by atoms with Crippen molar-refractivity contribution in [3.63, 3.8) is 0 Å². The van der Waals surface area contributed by atoms with Crippen molar-refractivity contribution in [2.24, 2.45) is 0 Å². The van der Waals surface area contributed by atoms with E-state index in [0.717, 1.165) is 11.1 Å². The van der Waals surface area contributed by atoms with Crippen molar-refractivity contribution in [2.45, 2.75) is 13.8 Å². The van der Waals surface area contributed by atoms with E-state index in [2.05, 4.69) is 10.9 Å². The average molecular weight is 372 g/mol. The molecule has 0 saturated carbocycles. The molecule has 0 atom stereocenters. The van der Waals surface area contributed by atoms with Crippen molar-refractivity contribution >= 4 is 46.6 Å². The second-order valence-corrected chi connectivity index (χ2v) is 6.20. The normalized spacial score (nSPS) is 10.3. The van der Waals surface area contributed by atoms with Crippen LogP contribution in [0, 0.1) is 13.8 Å². The molecule has 120 valence electrons. The largest absolute Gasteiger partial charge is 0.272 e. The Balaban J connectivity index is 2.10. The molecule has 2 rings (SSSR count). The fraction of sp³-hybridized carbons (Fsp3) is 0.125. The molecule has 2 aromatic carbocycles. The first kappa shape index (κ1) is 17.6. The Morgan fingerprint density at radius 3 is 1.96 bits per heavy atom. The summed E-state index contributed by atoms with van der Waals surface area (Å²) in [7, 11) is 0. The number of nitrogens with one attached hydrogen (secondary N) is 2. The Hall–Kier alpha value is -1.75. The number of hydrogen-bond donors (Lipinski definition) is 2. The van der Waals surface area contributed by atoms with Gasteiger partial charge in [-0.1, -0.05) is 40.9 Å². The van der Waals surface area contributed by atoms with Crippen LogP contribution >= 0.6 is 34.8 Å². The zero-order valence-corrected chi connectivity index (χ0v) is 14.6. The molecule has 0 heterocycles. The van der Waals surface area contributed by atoms with E-state index in [1.807, 2.05) is 19.9 Å². The van der Waals surface area contributed by atoms with Gasteiger partial charge in [0.15, 0.2) is 0 Å². The van der Waals surface area contributed by atoms with Crippen LogP contribution in [-0.4, -0.2) is 11.8 Å². The highest BCUT2D eigenvalue weighted by Gasteiger charge is 2.17. The molecular formula is C16H13Cl3N2O2. The highest BCUT2D eigenvalue weighted by molar-refractivity contribution is 6.42. The maximum absolute atomic E-state index is 12.1. The van der Waals surface area contributed by atoms with Crippen molar-refractivity contribution < 1.29 is 9.59 Å². The number of hydrazine groups is 1. The standard InChI is InChI=1S/C16H13Cl3N2O2/c1-8-3-4-10(5-9(8)2)15(22)20-21-16(23)14-12(18)6-11(17)7-13(14)19/h3-7H,1-2H3,(H,20,22)(H,21,23). The van der Waals surface area contributed by atoms with E-state index in [0.29, 0.717) is 10.6 Å². The average Bonchev–Trinajstić information content (AvgIpc) is 2.46. The van der Waals surface area contributed by atoms with Crippen LogP contribution in [0.25, 0.3) is 0 Å². The Morgan fingerprint density at radius 2 is 1.39 bits per heavy atom. The second-order valence-electron chi connectivity index (χ2n) is 4.95. The third-order valence-corrected chi connectivity index (χ3v) is 4.11. The van der Waals surface area contributed by atoms with Gasteiger partial charge in [-0.2, -0.15) is 0 Å². The van der Waals surface area contributed by atoms with Gasteiger partial charge in [-0.3, -0.25) is 20.4 Å². The Kier molecular flexibility index (Phi) is 5.52. The molecule has 2 N–H and O–H groups in total. The molecule has 4 nitrogen and oxygen atoms in total. The molecule has 23 heavy (non-hydrogen) atoms. The van der Waals surface area contributed by atoms with Crippen molar-refractivity contribution in [2.75, 3.05) is 0 Å². The number of amides is 2. The zero-order valence-electron chi connectivity index (χ0n) is 12.3. The van der Waals surface area contributed by atoms with Crippen LogP contribution in [0.1, 0.15) is 31.8 Å². The van der Waals surface area contributed by atoms with Crippen LogP contribution in [0.4, 0.5) is 0 Å². The summed E-state index contributed by atoms with van der Waals surface area (Å²) in [5, 5.41) is 0.511. The van der Waals surface area contributed by atoms with Gasteiger partial charge in [0.2, 0.25) is 0 Å². The van der Waals surface area contributed by atoms with Crippen LogP contribution in [-0.2, 0) is 0 Å².